The number of aryl methyl sites for hydroxylation is 1. The van der Waals surface area contributed by atoms with Crippen molar-refractivity contribution in [3.8, 4) is 17.1 Å². The first-order valence-corrected chi connectivity index (χ1v) is 10.1. The Kier molecular flexibility index (Phi) is 7.16. The number of amides is 1. The van der Waals surface area contributed by atoms with Crippen LogP contribution in [0, 0.1) is 5.92 Å². The second-order valence-electron chi connectivity index (χ2n) is 7.09. The van der Waals surface area contributed by atoms with Crippen molar-refractivity contribution in [2.75, 3.05) is 26.8 Å². The minimum Gasteiger partial charge on any atom is -0.497 e. The van der Waals surface area contributed by atoms with E-state index in [4.69, 9.17) is 9.47 Å². The highest BCUT2D eigenvalue weighted by atomic mass is 16.5. The van der Waals surface area contributed by atoms with Crippen molar-refractivity contribution in [1.29, 1.82) is 0 Å². The van der Waals surface area contributed by atoms with Gasteiger partial charge >= 0.3 is 5.97 Å². The van der Waals surface area contributed by atoms with Crippen LogP contribution in [0.15, 0.2) is 29.1 Å². The van der Waals surface area contributed by atoms with Gasteiger partial charge in [-0.2, -0.15) is 0 Å². The third-order valence-electron chi connectivity index (χ3n) is 5.17. The summed E-state index contributed by atoms with van der Waals surface area (Å²) >= 11 is 0. The van der Waals surface area contributed by atoms with Crippen LogP contribution in [-0.4, -0.2) is 58.8 Å². The van der Waals surface area contributed by atoms with Gasteiger partial charge in [0.05, 0.1) is 19.6 Å². The molecule has 2 heterocycles. The minimum absolute atomic E-state index is 0.0576. The second kappa shape index (κ2) is 10.00. The molecule has 1 aromatic heterocycles. The summed E-state index contributed by atoms with van der Waals surface area (Å²) in [5.74, 6) is 0.670. The van der Waals surface area contributed by atoms with Crippen LogP contribution in [0.25, 0.3) is 11.4 Å². The summed E-state index contributed by atoms with van der Waals surface area (Å²) in [6.07, 6.45) is 1.58. The van der Waals surface area contributed by atoms with Crippen molar-refractivity contribution in [2.24, 2.45) is 5.92 Å². The Morgan fingerprint density at radius 3 is 2.47 bits per heavy atom. The number of likely N-dealkylation sites (tertiary alicyclic amines) is 1. The largest absolute Gasteiger partial charge is 0.497 e. The van der Waals surface area contributed by atoms with E-state index in [0.29, 0.717) is 49.7 Å². The molecule has 1 aromatic carbocycles. The number of H-pyrrole nitrogens is 1. The molecule has 0 unspecified atom stereocenters. The molecule has 0 radical (unpaired) electrons. The molecule has 9 nitrogen and oxygen atoms in total. The number of hydrogen-bond acceptors (Lipinski definition) is 7. The molecule has 1 N–H and O–H groups in total. The number of ether oxygens (including phenoxy) is 2. The number of esters is 1. The zero-order valence-corrected chi connectivity index (χ0v) is 17.2. The molecule has 9 heteroatoms. The predicted molar refractivity (Wildman–Crippen MR) is 109 cm³/mol. The Hall–Kier alpha value is -3.23. The molecule has 1 saturated heterocycles. The SMILES string of the molecule is CCOC(=O)C1CCN(C(=O)CCc2nnc(-c3ccc(OC)cc3)[nH]c2=O)CC1. The van der Waals surface area contributed by atoms with Crippen molar-refractivity contribution in [2.45, 2.75) is 32.6 Å². The standard InChI is InChI=1S/C21H26N4O5/c1-3-30-21(28)15-10-12-25(13-11-15)18(26)9-8-17-20(27)22-19(24-23-17)14-4-6-16(29-2)7-5-14/h4-7,15H,3,8-13H2,1-2H3,(H,22,24,27). The zero-order chi connectivity index (χ0) is 21.5. The molecule has 0 saturated carbocycles. The first kappa shape index (κ1) is 21.5. The lowest BCUT2D eigenvalue weighted by Gasteiger charge is -2.30. The summed E-state index contributed by atoms with van der Waals surface area (Å²) in [7, 11) is 1.58. The predicted octanol–water partition coefficient (Wildman–Crippen LogP) is 1.57. The van der Waals surface area contributed by atoms with E-state index in [1.165, 1.54) is 0 Å². The molecule has 1 amide bonds. The number of piperidine rings is 1. The van der Waals surface area contributed by atoms with E-state index in [-0.39, 0.29) is 41.9 Å². The van der Waals surface area contributed by atoms with Gasteiger partial charge in [0.25, 0.3) is 5.56 Å². The highest BCUT2D eigenvalue weighted by molar-refractivity contribution is 5.77. The van der Waals surface area contributed by atoms with Crippen molar-refractivity contribution < 1.29 is 19.1 Å². The van der Waals surface area contributed by atoms with Gasteiger partial charge in [0.15, 0.2) is 5.82 Å². The molecular weight excluding hydrogens is 388 g/mol. The van der Waals surface area contributed by atoms with E-state index in [1.807, 2.05) is 0 Å². The number of hydrogen-bond donors (Lipinski definition) is 1. The number of rotatable bonds is 7. The summed E-state index contributed by atoms with van der Waals surface area (Å²) in [5.41, 5.74) is 0.583. The van der Waals surface area contributed by atoms with E-state index in [9.17, 15) is 14.4 Å². The smallest absolute Gasteiger partial charge is 0.309 e. The molecule has 0 aliphatic carbocycles. The molecule has 2 aromatic rings. The summed E-state index contributed by atoms with van der Waals surface area (Å²) in [5, 5.41) is 8.09. The maximum Gasteiger partial charge on any atom is 0.309 e. The van der Waals surface area contributed by atoms with Crippen LogP contribution in [0.4, 0.5) is 0 Å². The lowest BCUT2D eigenvalue weighted by molar-refractivity contribution is -0.151. The normalized spacial score (nSPS) is 14.4. The van der Waals surface area contributed by atoms with E-state index in [2.05, 4.69) is 15.2 Å². The monoisotopic (exact) mass is 414 g/mol. The number of methoxy groups -OCH3 is 1. The van der Waals surface area contributed by atoms with Gasteiger partial charge in [0.2, 0.25) is 5.91 Å². The van der Waals surface area contributed by atoms with Crippen molar-refractivity contribution in [3.63, 3.8) is 0 Å². The van der Waals surface area contributed by atoms with Crippen molar-refractivity contribution in [3.05, 3.63) is 40.3 Å². The molecule has 1 aliphatic rings. The third-order valence-corrected chi connectivity index (χ3v) is 5.17. The van der Waals surface area contributed by atoms with Crippen molar-refractivity contribution in [1.82, 2.24) is 20.1 Å². The number of benzene rings is 1. The Morgan fingerprint density at radius 1 is 1.17 bits per heavy atom. The maximum atomic E-state index is 12.5. The van der Waals surface area contributed by atoms with E-state index < -0.39 is 0 Å². The Bertz CT molecular complexity index is 933. The third kappa shape index (κ3) is 5.22. The fraction of sp³-hybridized carbons (Fsp3) is 0.476. The lowest BCUT2D eigenvalue weighted by Crippen LogP contribution is -2.40. The van der Waals surface area contributed by atoms with Gasteiger partial charge in [-0.05, 0) is 44.0 Å². The lowest BCUT2D eigenvalue weighted by atomic mass is 9.96. The fourth-order valence-electron chi connectivity index (χ4n) is 3.41. The first-order chi connectivity index (χ1) is 14.5. The molecule has 3 rings (SSSR count). The molecule has 1 aliphatic heterocycles. The quantitative estimate of drug-likeness (QED) is 0.684. The van der Waals surface area contributed by atoms with Gasteiger partial charge in [-0.15, -0.1) is 10.2 Å². The Labute approximate surface area is 174 Å². The number of carbonyl (C=O) groups is 2. The van der Waals surface area contributed by atoms with Crippen LogP contribution in [0.3, 0.4) is 0 Å². The molecular formula is C21H26N4O5. The van der Waals surface area contributed by atoms with Crippen LogP contribution in [0.2, 0.25) is 0 Å². The van der Waals surface area contributed by atoms with Crippen LogP contribution in [-0.2, 0) is 20.7 Å². The van der Waals surface area contributed by atoms with Gasteiger partial charge in [-0.3, -0.25) is 14.4 Å². The fourth-order valence-corrected chi connectivity index (χ4v) is 3.41. The van der Waals surface area contributed by atoms with E-state index in [1.54, 1.807) is 43.2 Å². The van der Waals surface area contributed by atoms with Crippen LogP contribution < -0.4 is 10.3 Å². The average Bonchev–Trinajstić information content (AvgIpc) is 2.78. The Morgan fingerprint density at radius 2 is 1.87 bits per heavy atom. The molecule has 0 atom stereocenters. The van der Waals surface area contributed by atoms with Gasteiger partial charge < -0.3 is 19.4 Å². The topological polar surface area (TPSA) is 114 Å². The minimum atomic E-state index is -0.357. The summed E-state index contributed by atoms with van der Waals surface area (Å²) in [4.78, 5) is 41.1. The number of aromatic amines is 1. The average molecular weight is 414 g/mol. The van der Waals surface area contributed by atoms with E-state index in [0.717, 1.165) is 0 Å². The van der Waals surface area contributed by atoms with Crippen molar-refractivity contribution >= 4 is 11.9 Å². The van der Waals surface area contributed by atoms with Gasteiger partial charge in [0, 0.05) is 31.5 Å². The first-order valence-electron chi connectivity index (χ1n) is 10.1. The van der Waals surface area contributed by atoms with E-state index >= 15 is 0 Å². The molecule has 0 bridgehead atoms. The highest BCUT2D eigenvalue weighted by Crippen LogP contribution is 2.20. The van der Waals surface area contributed by atoms with Crippen LogP contribution >= 0.6 is 0 Å². The molecule has 160 valence electrons. The molecule has 30 heavy (non-hydrogen) atoms. The van der Waals surface area contributed by atoms with Gasteiger partial charge in [-0.1, -0.05) is 0 Å². The molecule has 0 spiro atoms. The van der Waals surface area contributed by atoms with Gasteiger partial charge in [-0.25, -0.2) is 0 Å². The number of carbonyl (C=O) groups excluding carboxylic acids is 2. The highest BCUT2D eigenvalue weighted by Gasteiger charge is 2.28. The molecule has 1 fully saturated rings. The summed E-state index contributed by atoms with van der Waals surface area (Å²) in [6.45, 7) is 3.18. The summed E-state index contributed by atoms with van der Waals surface area (Å²) < 4.78 is 10.2. The Balaban J connectivity index is 1.54. The number of aromatic nitrogens is 3. The van der Waals surface area contributed by atoms with Crippen LogP contribution in [0.1, 0.15) is 31.9 Å². The number of nitrogens with zero attached hydrogens (tertiary/aromatic N) is 3. The number of nitrogens with one attached hydrogen (secondary N) is 1. The van der Waals surface area contributed by atoms with Gasteiger partial charge in [0.1, 0.15) is 11.4 Å². The second-order valence-corrected chi connectivity index (χ2v) is 7.09. The summed E-state index contributed by atoms with van der Waals surface area (Å²) in [6, 6.07) is 7.10. The maximum absolute atomic E-state index is 12.5. The van der Waals surface area contributed by atoms with Crippen LogP contribution in [0.5, 0.6) is 5.75 Å². The zero-order valence-electron chi connectivity index (χ0n) is 17.2.